The van der Waals surface area contributed by atoms with Crippen molar-refractivity contribution in [1.29, 1.82) is 0 Å². The molecule has 1 aromatic carbocycles. The Morgan fingerprint density at radius 2 is 1.92 bits per heavy atom. The smallest absolute Gasteiger partial charge is 0.269 e. The first kappa shape index (κ1) is 20.4. The highest BCUT2D eigenvalue weighted by molar-refractivity contribution is 7.90. The second-order valence-electron chi connectivity index (χ2n) is 5.62. The average molecular weight is 376 g/mol. The standard InChI is InChI=1S/C15H21N3O4S.ClH/c1-10(2)18-15(20)12-6-5-11(9-13(12)23(18,21)22)14(19)17-8-4-7-16-3;/h5-6,9-10,16H,4,7-8H2,1-3H3,(H,17,19);1H. The lowest BCUT2D eigenvalue weighted by atomic mass is 10.1. The van der Waals surface area contributed by atoms with Gasteiger partial charge >= 0.3 is 0 Å². The van der Waals surface area contributed by atoms with E-state index in [0.29, 0.717) is 6.54 Å². The Balaban J connectivity index is 0.00000288. The first-order chi connectivity index (χ1) is 10.8. The molecule has 0 aromatic heterocycles. The zero-order valence-electron chi connectivity index (χ0n) is 13.8. The van der Waals surface area contributed by atoms with Gasteiger partial charge in [0.1, 0.15) is 4.90 Å². The van der Waals surface area contributed by atoms with Crippen LogP contribution in [-0.2, 0) is 10.0 Å². The lowest BCUT2D eigenvalue weighted by molar-refractivity contribution is 0.0845. The van der Waals surface area contributed by atoms with Gasteiger partial charge in [0.25, 0.3) is 21.8 Å². The number of hydrogen-bond acceptors (Lipinski definition) is 5. The molecule has 2 N–H and O–H groups in total. The minimum atomic E-state index is -3.89. The molecule has 2 amide bonds. The summed E-state index contributed by atoms with van der Waals surface area (Å²) in [6.45, 7) is 4.53. The van der Waals surface area contributed by atoms with E-state index in [1.54, 1.807) is 13.8 Å². The van der Waals surface area contributed by atoms with Crippen molar-refractivity contribution in [1.82, 2.24) is 14.9 Å². The summed E-state index contributed by atoms with van der Waals surface area (Å²) in [5.41, 5.74) is 0.348. The second kappa shape index (κ2) is 7.96. The van der Waals surface area contributed by atoms with Crippen LogP contribution in [0.3, 0.4) is 0 Å². The van der Waals surface area contributed by atoms with Crippen molar-refractivity contribution in [3.63, 3.8) is 0 Å². The normalized spacial score (nSPS) is 15.2. The third-order valence-corrected chi connectivity index (χ3v) is 5.57. The van der Waals surface area contributed by atoms with Gasteiger partial charge in [-0.15, -0.1) is 12.4 Å². The SMILES string of the molecule is CNCCCNC(=O)c1ccc2c(c1)S(=O)(=O)N(C(C)C)C2=O.Cl. The summed E-state index contributed by atoms with van der Waals surface area (Å²) in [6, 6.07) is 3.68. The largest absolute Gasteiger partial charge is 0.352 e. The van der Waals surface area contributed by atoms with Crippen LogP contribution in [0.5, 0.6) is 0 Å². The molecule has 0 spiro atoms. The summed E-state index contributed by atoms with van der Waals surface area (Å²) in [6.07, 6.45) is 0.769. The van der Waals surface area contributed by atoms with Gasteiger partial charge in [-0.25, -0.2) is 12.7 Å². The number of benzene rings is 1. The Morgan fingerprint density at radius 1 is 1.25 bits per heavy atom. The molecule has 1 aliphatic heterocycles. The van der Waals surface area contributed by atoms with Crippen LogP contribution in [0.1, 0.15) is 41.0 Å². The Bertz CT molecular complexity index is 734. The molecule has 134 valence electrons. The van der Waals surface area contributed by atoms with Crippen LogP contribution in [0.15, 0.2) is 23.1 Å². The quantitative estimate of drug-likeness (QED) is 0.723. The van der Waals surface area contributed by atoms with Crippen LogP contribution < -0.4 is 10.6 Å². The molecule has 1 aromatic rings. The number of fused-ring (bicyclic) bond motifs is 1. The minimum absolute atomic E-state index is 0. The van der Waals surface area contributed by atoms with Crippen LogP contribution in [0.25, 0.3) is 0 Å². The van der Waals surface area contributed by atoms with Crippen LogP contribution in [-0.4, -0.2) is 50.7 Å². The van der Waals surface area contributed by atoms with Gasteiger partial charge in [0.15, 0.2) is 0 Å². The van der Waals surface area contributed by atoms with Crippen molar-refractivity contribution in [2.45, 2.75) is 31.2 Å². The van der Waals surface area contributed by atoms with Crippen molar-refractivity contribution in [3.05, 3.63) is 29.3 Å². The molecule has 1 aliphatic rings. The van der Waals surface area contributed by atoms with Gasteiger partial charge in [0.2, 0.25) is 0 Å². The first-order valence-electron chi connectivity index (χ1n) is 7.46. The lowest BCUT2D eigenvalue weighted by Crippen LogP contribution is -2.36. The molecule has 0 saturated heterocycles. The summed E-state index contributed by atoms with van der Waals surface area (Å²) >= 11 is 0. The number of sulfonamides is 1. The predicted molar refractivity (Wildman–Crippen MR) is 93.1 cm³/mol. The highest BCUT2D eigenvalue weighted by Gasteiger charge is 2.42. The molecule has 0 atom stereocenters. The van der Waals surface area contributed by atoms with E-state index in [1.165, 1.54) is 18.2 Å². The van der Waals surface area contributed by atoms with E-state index < -0.39 is 22.0 Å². The molecule has 0 radical (unpaired) electrons. The maximum atomic E-state index is 12.5. The molecule has 24 heavy (non-hydrogen) atoms. The van der Waals surface area contributed by atoms with E-state index in [1.807, 2.05) is 7.05 Å². The number of halogens is 1. The van der Waals surface area contributed by atoms with Crippen molar-refractivity contribution >= 4 is 34.2 Å². The summed E-state index contributed by atoms with van der Waals surface area (Å²) in [4.78, 5) is 24.2. The number of carbonyl (C=O) groups excluding carboxylic acids is 2. The number of amides is 2. The molecule has 1 heterocycles. The number of rotatable bonds is 6. The molecule has 0 fully saturated rings. The maximum Gasteiger partial charge on any atom is 0.269 e. The summed E-state index contributed by atoms with van der Waals surface area (Å²) in [5, 5.41) is 5.70. The maximum absolute atomic E-state index is 12.5. The minimum Gasteiger partial charge on any atom is -0.352 e. The summed E-state index contributed by atoms with van der Waals surface area (Å²) in [5.74, 6) is -0.898. The van der Waals surface area contributed by atoms with Gasteiger partial charge in [0.05, 0.1) is 5.56 Å². The van der Waals surface area contributed by atoms with Crippen LogP contribution in [0.4, 0.5) is 0 Å². The number of nitrogens with zero attached hydrogens (tertiary/aromatic N) is 1. The van der Waals surface area contributed by atoms with Crippen molar-refractivity contribution < 1.29 is 18.0 Å². The summed E-state index contributed by atoms with van der Waals surface area (Å²) < 4.78 is 25.8. The molecule has 0 saturated carbocycles. The predicted octanol–water partition coefficient (Wildman–Crippen LogP) is 1.00. The van der Waals surface area contributed by atoms with Crippen molar-refractivity contribution in [2.75, 3.05) is 20.1 Å². The highest BCUT2D eigenvalue weighted by Crippen LogP contribution is 2.32. The Hall–Kier alpha value is -1.64. The topological polar surface area (TPSA) is 95.6 Å². The monoisotopic (exact) mass is 375 g/mol. The van der Waals surface area contributed by atoms with Crippen LogP contribution in [0.2, 0.25) is 0 Å². The lowest BCUT2D eigenvalue weighted by Gasteiger charge is -2.18. The molecule has 2 rings (SSSR count). The second-order valence-corrected chi connectivity index (χ2v) is 7.41. The average Bonchev–Trinajstić information content (AvgIpc) is 2.69. The third kappa shape index (κ3) is 3.71. The van der Waals surface area contributed by atoms with Crippen LogP contribution >= 0.6 is 12.4 Å². The van der Waals surface area contributed by atoms with E-state index in [0.717, 1.165) is 17.3 Å². The van der Waals surface area contributed by atoms with Crippen molar-refractivity contribution in [2.24, 2.45) is 0 Å². The van der Waals surface area contributed by atoms with E-state index in [-0.39, 0.29) is 34.3 Å². The first-order valence-corrected chi connectivity index (χ1v) is 8.90. The molecule has 0 unspecified atom stereocenters. The number of nitrogens with one attached hydrogen (secondary N) is 2. The van der Waals surface area contributed by atoms with Gasteiger partial charge in [0, 0.05) is 18.2 Å². The fraction of sp³-hybridized carbons (Fsp3) is 0.467. The van der Waals surface area contributed by atoms with E-state index in [4.69, 9.17) is 0 Å². The highest BCUT2D eigenvalue weighted by atomic mass is 35.5. The van der Waals surface area contributed by atoms with E-state index in [9.17, 15) is 18.0 Å². The zero-order chi connectivity index (χ0) is 17.2. The molecule has 0 aliphatic carbocycles. The molecular weight excluding hydrogens is 354 g/mol. The molecular formula is C15H22ClN3O4S. The van der Waals surface area contributed by atoms with E-state index >= 15 is 0 Å². The molecule has 7 nitrogen and oxygen atoms in total. The Kier molecular flexibility index (Phi) is 6.76. The number of hydrogen-bond donors (Lipinski definition) is 2. The van der Waals surface area contributed by atoms with E-state index in [2.05, 4.69) is 10.6 Å². The van der Waals surface area contributed by atoms with Gasteiger partial charge in [-0.3, -0.25) is 9.59 Å². The van der Waals surface area contributed by atoms with Crippen LogP contribution in [0, 0.1) is 0 Å². The molecule has 9 heteroatoms. The van der Waals surface area contributed by atoms with Gasteiger partial charge in [-0.2, -0.15) is 0 Å². The molecule has 0 bridgehead atoms. The van der Waals surface area contributed by atoms with Gasteiger partial charge in [-0.05, 0) is 52.1 Å². The zero-order valence-corrected chi connectivity index (χ0v) is 15.5. The fourth-order valence-corrected chi connectivity index (χ4v) is 4.26. The fourth-order valence-electron chi connectivity index (χ4n) is 2.47. The van der Waals surface area contributed by atoms with Crippen molar-refractivity contribution in [3.8, 4) is 0 Å². The van der Waals surface area contributed by atoms with Gasteiger partial charge in [-0.1, -0.05) is 0 Å². The Morgan fingerprint density at radius 3 is 2.50 bits per heavy atom. The summed E-state index contributed by atoms with van der Waals surface area (Å²) in [7, 11) is -2.06. The van der Waals surface area contributed by atoms with Gasteiger partial charge < -0.3 is 10.6 Å². The third-order valence-electron chi connectivity index (χ3n) is 3.57. The Labute approximate surface area is 148 Å². The number of carbonyl (C=O) groups is 2.